The second-order valence-corrected chi connectivity index (χ2v) is 6.17. The Morgan fingerprint density at radius 2 is 2.25 bits per heavy atom. The van der Waals surface area contributed by atoms with Crippen LogP contribution >= 0.6 is 0 Å². The summed E-state index contributed by atoms with van der Waals surface area (Å²) in [6, 6.07) is 0.165. The summed E-state index contributed by atoms with van der Waals surface area (Å²) in [5.41, 5.74) is 5.85. The minimum absolute atomic E-state index is 0.0491. The summed E-state index contributed by atoms with van der Waals surface area (Å²) < 4.78 is 5.19. The van der Waals surface area contributed by atoms with Crippen LogP contribution < -0.4 is 5.73 Å². The average molecular weight is 280 g/mol. The number of aromatic nitrogens is 2. The van der Waals surface area contributed by atoms with Gasteiger partial charge in [-0.3, -0.25) is 4.79 Å². The zero-order valence-electron chi connectivity index (χ0n) is 12.5. The third kappa shape index (κ3) is 3.79. The summed E-state index contributed by atoms with van der Waals surface area (Å²) in [6.45, 7) is 4.58. The van der Waals surface area contributed by atoms with Crippen molar-refractivity contribution in [2.45, 2.75) is 52.1 Å². The Hall–Kier alpha value is -1.43. The van der Waals surface area contributed by atoms with Gasteiger partial charge in [-0.15, -0.1) is 0 Å². The van der Waals surface area contributed by atoms with Gasteiger partial charge in [-0.1, -0.05) is 19.0 Å². The van der Waals surface area contributed by atoms with E-state index in [2.05, 4.69) is 24.0 Å². The van der Waals surface area contributed by atoms with E-state index in [-0.39, 0.29) is 17.9 Å². The van der Waals surface area contributed by atoms with Crippen molar-refractivity contribution in [1.82, 2.24) is 15.0 Å². The maximum atomic E-state index is 12.3. The van der Waals surface area contributed by atoms with Gasteiger partial charge < -0.3 is 15.2 Å². The minimum atomic E-state index is 0.0491. The molecule has 0 bridgehead atoms. The molecule has 0 saturated heterocycles. The van der Waals surface area contributed by atoms with Gasteiger partial charge in [0.15, 0.2) is 5.82 Å². The molecule has 1 aliphatic rings. The molecular formula is C14H24N4O2. The van der Waals surface area contributed by atoms with Crippen molar-refractivity contribution in [2.75, 3.05) is 7.05 Å². The number of amides is 1. The van der Waals surface area contributed by atoms with Crippen LogP contribution in [0, 0.1) is 11.8 Å². The molecule has 0 unspecified atom stereocenters. The summed E-state index contributed by atoms with van der Waals surface area (Å²) in [5, 5.41) is 3.93. The van der Waals surface area contributed by atoms with Gasteiger partial charge in [0.1, 0.15) is 0 Å². The second-order valence-electron chi connectivity index (χ2n) is 6.17. The predicted octanol–water partition coefficient (Wildman–Crippen LogP) is 1.35. The lowest BCUT2D eigenvalue weighted by atomic mass is 10.1. The Kier molecular flexibility index (Phi) is 4.75. The zero-order valence-corrected chi connectivity index (χ0v) is 12.5. The van der Waals surface area contributed by atoms with Crippen LogP contribution in [0.3, 0.4) is 0 Å². The fraction of sp³-hybridized carbons (Fsp3) is 0.786. The number of rotatable bonds is 5. The molecule has 2 N–H and O–H groups in total. The topological polar surface area (TPSA) is 85.2 Å². The SMILES string of the molecule is CC(C)Cc1noc(CN(C)C(=O)[C@@H]2CC[C@H](N)C2)n1. The van der Waals surface area contributed by atoms with Gasteiger partial charge in [0.05, 0.1) is 6.54 Å². The molecule has 0 aromatic carbocycles. The van der Waals surface area contributed by atoms with Gasteiger partial charge in [0.2, 0.25) is 11.8 Å². The van der Waals surface area contributed by atoms with E-state index in [9.17, 15) is 4.79 Å². The lowest BCUT2D eigenvalue weighted by Crippen LogP contribution is -2.32. The number of carbonyl (C=O) groups is 1. The first kappa shape index (κ1) is 15.0. The molecular weight excluding hydrogens is 256 g/mol. The highest BCUT2D eigenvalue weighted by molar-refractivity contribution is 5.78. The summed E-state index contributed by atoms with van der Waals surface area (Å²) in [7, 11) is 1.78. The van der Waals surface area contributed by atoms with Gasteiger partial charge in [-0.25, -0.2) is 0 Å². The molecule has 6 nitrogen and oxygen atoms in total. The molecule has 2 rings (SSSR count). The third-order valence-corrected chi connectivity index (χ3v) is 3.67. The number of carbonyl (C=O) groups excluding carboxylic acids is 1. The highest BCUT2D eigenvalue weighted by atomic mass is 16.5. The van der Waals surface area contributed by atoms with E-state index in [1.54, 1.807) is 11.9 Å². The van der Waals surface area contributed by atoms with Gasteiger partial charge in [0.25, 0.3) is 0 Å². The Bertz CT molecular complexity index is 458. The first-order valence-corrected chi connectivity index (χ1v) is 7.27. The summed E-state index contributed by atoms with van der Waals surface area (Å²) in [5.74, 6) is 1.87. The fourth-order valence-electron chi connectivity index (χ4n) is 2.64. The van der Waals surface area contributed by atoms with E-state index in [4.69, 9.17) is 10.3 Å². The summed E-state index contributed by atoms with van der Waals surface area (Å²) in [4.78, 5) is 18.2. The Morgan fingerprint density at radius 1 is 1.50 bits per heavy atom. The highest BCUT2D eigenvalue weighted by Crippen LogP contribution is 2.26. The van der Waals surface area contributed by atoms with E-state index in [1.807, 2.05) is 0 Å². The molecule has 1 heterocycles. The molecule has 6 heteroatoms. The molecule has 0 aliphatic heterocycles. The molecule has 1 amide bonds. The number of nitrogens with two attached hydrogens (primary N) is 1. The molecule has 1 aliphatic carbocycles. The van der Waals surface area contributed by atoms with Crippen LogP contribution in [0.5, 0.6) is 0 Å². The molecule has 0 spiro atoms. The zero-order chi connectivity index (χ0) is 14.7. The van der Waals surface area contributed by atoms with Crippen LogP contribution in [-0.4, -0.2) is 34.0 Å². The molecule has 20 heavy (non-hydrogen) atoms. The number of nitrogens with zero attached hydrogens (tertiary/aromatic N) is 3. The molecule has 1 saturated carbocycles. The van der Waals surface area contributed by atoms with Gasteiger partial charge >= 0.3 is 0 Å². The van der Waals surface area contributed by atoms with E-state index >= 15 is 0 Å². The van der Waals surface area contributed by atoms with Crippen molar-refractivity contribution in [1.29, 1.82) is 0 Å². The smallest absolute Gasteiger partial charge is 0.246 e. The minimum Gasteiger partial charge on any atom is -0.337 e. The van der Waals surface area contributed by atoms with Crippen LogP contribution in [0.1, 0.15) is 44.8 Å². The van der Waals surface area contributed by atoms with Crippen LogP contribution in [-0.2, 0) is 17.8 Å². The average Bonchev–Trinajstić information content (AvgIpc) is 2.97. The Balaban J connectivity index is 1.88. The van der Waals surface area contributed by atoms with Gasteiger partial charge in [-0.2, -0.15) is 4.98 Å². The standard InChI is InChI=1S/C14H24N4O2/c1-9(2)6-12-16-13(20-17-12)8-18(3)14(19)10-4-5-11(15)7-10/h9-11H,4-8,15H2,1-3H3/t10-,11+/m1/s1. The van der Waals surface area contributed by atoms with Crippen molar-refractivity contribution in [3.8, 4) is 0 Å². The Morgan fingerprint density at radius 3 is 2.85 bits per heavy atom. The maximum Gasteiger partial charge on any atom is 0.246 e. The quantitative estimate of drug-likeness (QED) is 0.880. The van der Waals surface area contributed by atoms with Crippen molar-refractivity contribution >= 4 is 5.91 Å². The van der Waals surface area contributed by atoms with E-state index in [0.717, 1.165) is 25.7 Å². The molecule has 1 aromatic heterocycles. The van der Waals surface area contributed by atoms with Gasteiger partial charge in [0, 0.05) is 25.4 Å². The molecule has 2 atom stereocenters. The van der Waals surface area contributed by atoms with Crippen LogP contribution in [0.2, 0.25) is 0 Å². The number of hydrogen-bond donors (Lipinski definition) is 1. The summed E-state index contributed by atoms with van der Waals surface area (Å²) >= 11 is 0. The maximum absolute atomic E-state index is 12.3. The Labute approximate surface area is 119 Å². The first-order valence-electron chi connectivity index (χ1n) is 7.27. The van der Waals surface area contributed by atoms with Crippen LogP contribution in [0.4, 0.5) is 0 Å². The van der Waals surface area contributed by atoms with Crippen molar-refractivity contribution in [3.05, 3.63) is 11.7 Å². The lowest BCUT2D eigenvalue weighted by molar-refractivity contribution is -0.134. The van der Waals surface area contributed by atoms with E-state index < -0.39 is 0 Å². The molecule has 1 aromatic rings. The largest absolute Gasteiger partial charge is 0.337 e. The molecule has 112 valence electrons. The van der Waals surface area contributed by atoms with E-state index in [0.29, 0.717) is 24.2 Å². The third-order valence-electron chi connectivity index (χ3n) is 3.67. The number of hydrogen-bond acceptors (Lipinski definition) is 5. The van der Waals surface area contributed by atoms with E-state index in [1.165, 1.54) is 0 Å². The lowest BCUT2D eigenvalue weighted by Gasteiger charge is -2.19. The van der Waals surface area contributed by atoms with Crippen molar-refractivity contribution < 1.29 is 9.32 Å². The van der Waals surface area contributed by atoms with Crippen molar-refractivity contribution in [3.63, 3.8) is 0 Å². The van der Waals surface area contributed by atoms with Crippen LogP contribution in [0.15, 0.2) is 4.52 Å². The first-order chi connectivity index (χ1) is 9.45. The second kappa shape index (κ2) is 6.35. The highest BCUT2D eigenvalue weighted by Gasteiger charge is 2.30. The van der Waals surface area contributed by atoms with Crippen LogP contribution in [0.25, 0.3) is 0 Å². The fourth-order valence-corrected chi connectivity index (χ4v) is 2.64. The van der Waals surface area contributed by atoms with Gasteiger partial charge in [-0.05, 0) is 25.2 Å². The molecule has 1 fully saturated rings. The summed E-state index contributed by atoms with van der Waals surface area (Å²) in [6.07, 6.45) is 3.39. The van der Waals surface area contributed by atoms with Crippen molar-refractivity contribution in [2.24, 2.45) is 17.6 Å². The predicted molar refractivity (Wildman–Crippen MR) is 74.6 cm³/mol. The normalized spacial score (nSPS) is 22.4. The molecule has 0 radical (unpaired) electrons. The monoisotopic (exact) mass is 280 g/mol.